The van der Waals surface area contributed by atoms with Gasteiger partial charge in [-0.2, -0.15) is 0 Å². The van der Waals surface area contributed by atoms with Gasteiger partial charge in [0.1, 0.15) is 5.82 Å². The van der Waals surface area contributed by atoms with Gasteiger partial charge in [0.25, 0.3) is 0 Å². The van der Waals surface area contributed by atoms with E-state index in [-0.39, 0.29) is 6.42 Å². The first-order chi connectivity index (χ1) is 10.1. The monoisotopic (exact) mass is 285 g/mol. The lowest BCUT2D eigenvalue weighted by atomic mass is 10.0. The van der Waals surface area contributed by atoms with Crippen LogP contribution in [0, 0.1) is 0 Å². The summed E-state index contributed by atoms with van der Waals surface area (Å²) in [5.74, 6) is -0.808. The highest BCUT2D eigenvalue weighted by Crippen LogP contribution is 2.12. The Morgan fingerprint density at radius 1 is 1.14 bits per heavy atom. The van der Waals surface area contributed by atoms with E-state index in [1.54, 1.807) is 18.2 Å². The third-order valence-corrected chi connectivity index (χ3v) is 2.97. The molecule has 2 aromatic rings. The van der Waals surface area contributed by atoms with E-state index in [1.807, 2.05) is 18.2 Å². The van der Waals surface area contributed by atoms with Crippen molar-refractivity contribution in [3.8, 4) is 0 Å². The third kappa shape index (κ3) is 4.04. The Labute approximate surface area is 121 Å². The van der Waals surface area contributed by atoms with Gasteiger partial charge < -0.3 is 16.2 Å². The Morgan fingerprint density at radius 3 is 2.43 bits per heavy atom. The van der Waals surface area contributed by atoms with Gasteiger partial charge in [0.05, 0.1) is 12.0 Å². The van der Waals surface area contributed by atoms with Gasteiger partial charge in [-0.25, -0.2) is 4.98 Å². The molecule has 0 aliphatic carbocycles. The fourth-order valence-electron chi connectivity index (χ4n) is 1.90. The van der Waals surface area contributed by atoms with Gasteiger partial charge in [0, 0.05) is 12.7 Å². The second kappa shape index (κ2) is 6.51. The Hall–Kier alpha value is -2.89. The van der Waals surface area contributed by atoms with Crippen LogP contribution in [0.4, 0.5) is 5.82 Å². The zero-order chi connectivity index (χ0) is 15.2. The average Bonchev–Trinajstić information content (AvgIpc) is 2.46. The summed E-state index contributed by atoms with van der Waals surface area (Å²) in [5.41, 5.74) is 7.13. The molecule has 1 heterocycles. The van der Waals surface area contributed by atoms with E-state index >= 15 is 0 Å². The number of amides is 1. The van der Waals surface area contributed by atoms with Crippen LogP contribution in [0.3, 0.4) is 0 Å². The van der Waals surface area contributed by atoms with Gasteiger partial charge in [-0.15, -0.1) is 0 Å². The molecule has 6 heteroatoms. The molecule has 0 bridgehead atoms. The lowest BCUT2D eigenvalue weighted by Crippen LogP contribution is -2.12. The van der Waals surface area contributed by atoms with Gasteiger partial charge in [-0.1, -0.05) is 24.3 Å². The smallest absolute Gasteiger partial charge is 0.307 e. The first-order valence-electron chi connectivity index (χ1n) is 6.34. The highest BCUT2D eigenvalue weighted by molar-refractivity contribution is 5.92. The number of carboxylic acid groups (broad SMARTS) is 1. The van der Waals surface area contributed by atoms with E-state index in [1.165, 1.54) is 6.20 Å². The molecular weight excluding hydrogens is 270 g/mol. The molecule has 0 fully saturated rings. The van der Waals surface area contributed by atoms with Crippen LogP contribution >= 0.6 is 0 Å². The van der Waals surface area contributed by atoms with E-state index in [4.69, 9.17) is 10.8 Å². The van der Waals surface area contributed by atoms with Crippen LogP contribution in [0.1, 0.15) is 21.5 Å². The van der Waals surface area contributed by atoms with Crippen LogP contribution in [0.5, 0.6) is 0 Å². The molecule has 0 atom stereocenters. The van der Waals surface area contributed by atoms with Crippen LogP contribution in [-0.2, 0) is 17.8 Å². The van der Waals surface area contributed by atoms with Crippen molar-refractivity contribution < 1.29 is 14.7 Å². The number of aromatic nitrogens is 1. The molecule has 0 saturated heterocycles. The molecular formula is C15H15N3O3. The molecule has 1 aromatic heterocycles. The van der Waals surface area contributed by atoms with Gasteiger partial charge in [0.15, 0.2) is 0 Å². The lowest BCUT2D eigenvalue weighted by molar-refractivity contribution is -0.136. The summed E-state index contributed by atoms with van der Waals surface area (Å²) >= 11 is 0. The number of benzene rings is 1. The van der Waals surface area contributed by atoms with Gasteiger partial charge in [-0.3, -0.25) is 9.59 Å². The molecule has 21 heavy (non-hydrogen) atoms. The van der Waals surface area contributed by atoms with Crippen LogP contribution in [0.25, 0.3) is 0 Å². The fourth-order valence-corrected chi connectivity index (χ4v) is 1.90. The van der Waals surface area contributed by atoms with E-state index in [2.05, 4.69) is 10.3 Å². The van der Waals surface area contributed by atoms with Crippen molar-refractivity contribution in [2.45, 2.75) is 13.0 Å². The Balaban J connectivity index is 2.06. The summed E-state index contributed by atoms with van der Waals surface area (Å²) in [6.45, 7) is 0.451. The topological polar surface area (TPSA) is 105 Å². The normalized spacial score (nSPS) is 10.1. The summed E-state index contributed by atoms with van der Waals surface area (Å²) in [5, 5.41) is 12.0. The lowest BCUT2D eigenvalue weighted by Gasteiger charge is -2.10. The molecule has 108 valence electrons. The van der Waals surface area contributed by atoms with Gasteiger partial charge in [-0.05, 0) is 23.3 Å². The average molecular weight is 285 g/mol. The maximum absolute atomic E-state index is 10.9. The van der Waals surface area contributed by atoms with Crippen molar-refractivity contribution in [1.29, 1.82) is 0 Å². The summed E-state index contributed by atoms with van der Waals surface area (Å²) < 4.78 is 0. The van der Waals surface area contributed by atoms with Crippen molar-refractivity contribution in [2.24, 2.45) is 5.73 Å². The molecule has 0 spiro atoms. The number of carbonyl (C=O) groups is 2. The number of hydrogen-bond donors (Lipinski definition) is 3. The minimum atomic E-state index is -0.869. The Morgan fingerprint density at radius 2 is 1.86 bits per heavy atom. The number of hydrogen-bond acceptors (Lipinski definition) is 4. The third-order valence-electron chi connectivity index (χ3n) is 2.97. The number of rotatable bonds is 6. The number of pyridine rings is 1. The van der Waals surface area contributed by atoms with Crippen molar-refractivity contribution in [1.82, 2.24) is 4.98 Å². The molecule has 0 unspecified atom stereocenters. The van der Waals surface area contributed by atoms with Crippen molar-refractivity contribution in [3.05, 3.63) is 59.3 Å². The number of carboxylic acids is 1. The predicted octanol–water partition coefficient (Wildman–Crippen LogP) is 1.42. The molecule has 1 aromatic carbocycles. The number of carbonyl (C=O) groups excluding carboxylic acids is 1. The van der Waals surface area contributed by atoms with Crippen LogP contribution in [0.2, 0.25) is 0 Å². The second-order valence-corrected chi connectivity index (χ2v) is 4.49. The predicted molar refractivity (Wildman–Crippen MR) is 77.9 cm³/mol. The highest BCUT2D eigenvalue weighted by Gasteiger charge is 2.06. The van der Waals surface area contributed by atoms with Crippen LogP contribution in [-0.4, -0.2) is 22.0 Å². The summed E-state index contributed by atoms with van der Waals surface area (Å²) in [6.07, 6.45) is 1.37. The van der Waals surface area contributed by atoms with Crippen LogP contribution in [0.15, 0.2) is 42.6 Å². The molecule has 0 radical (unpaired) electrons. The Bertz CT molecular complexity index is 653. The SMILES string of the molecule is NC(=O)c1ccc(NCc2ccccc2CC(=O)O)nc1. The van der Waals surface area contributed by atoms with E-state index in [9.17, 15) is 9.59 Å². The maximum atomic E-state index is 10.9. The standard InChI is InChI=1S/C15H15N3O3/c16-15(21)12-5-6-13(18-9-12)17-8-11-4-2-1-3-10(11)7-14(19)20/h1-6,9H,7-8H2,(H2,16,21)(H,17,18)(H,19,20). The van der Waals surface area contributed by atoms with Crippen molar-refractivity contribution in [2.75, 3.05) is 5.32 Å². The molecule has 0 aliphatic rings. The molecule has 0 aliphatic heterocycles. The van der Waals surface area contributed by atoms with Crippen molar-refractivity contribution >= 4 is 17.7 Å². The fraction of sp³-hybridized carbons (Fsp3) is 0.133. The van der Waals surface area contributed by atoms with Crippen LogP contribution < -0.4 is 11.1 Å². The summed E-state index contributed by atoms with van der Waals surface area (Å²) in [7, 11) is 0. The zero-order valence-corrected chi connectivity index (χ0v) is 11.2. The number of nitrogens with two attached hydrogens (primary N) is 1. The van der Waals surface area contributed by atoms with Gasteiger partial charge >= 0.3 is 5.97 Å². The molecule has 2 rings (SSSR count). The summed E-state index contributed by atoms with van der Waals surface area (Å²) in [4.78, 5) is 25.8. The molecule has 4 N–H and O–H groups in total. The van der Waals surface area contributed by atoms with Gasteiger partial charge in [0.2, 0.25) is 5.91 Å². The van der Waals surface area contributed by atoms with E-state index in [0.29, 0.717) is 17.9 Å². The largest absolute Gasteiger partial charge is 0.481 e. The Kier molecular flexibility index (Phi) is 4.50. The zero-order valence-electron chi connectivity index (χ0n) is 11.2. The van der Waals surface area contributed by atoms with Crippen molar-refractivity contribution in [3.63, 3.8) is 0 Å². The van der Waals surface area contributed by atoms with E-state index in [0.717, 1.165) is 11.1 Å². The number of aliphatic carboxylic acids is 1. The quantitative estimate of drug-likeness (QED) is 0.744. The number of nitrogens with zero attached hydrogens (tertiary/aromatic N) is 1. The van der Waals surface area contributed by atoms with E-state index < -0.39 is 11.9 Å². The highest BCUT2D eigenvalue weighted by atomic mass is 16.4. The maximum Gasteiger partial charge on any atom is 0.307 e. The first kappa shape index (κ1) is 14.5. The molecule has 0 saturated carbocycles. The number of nitrogens with one attached hydrogen (secondary N) is 1. The molecule has 6 nitrogen and oxygen atoms in total. The molecule has 1 amide bonds. The first-order valence-corrected chi connectivity index (χ1v) is 6.34. The summed E-state index contributed by atoms with van der Waals surface area (Å²) in [6, 6.07) is 10.5. The minimum Gasteiger partial charge on any atom is -0.481 e. The minimum absolute atomic E-state index is 0.0219. The second-order valence-electron chi connectivity index (χ2n) is 4.49. The number of anilines is 1. The number of primary amides is 1.